The Hall–Kier alpha value is -4.14. The molecule has 39 heavy (non-hydrogen) atoms. The Morgan fingerprint density at radius 2 is 1.69 bits per heavy atom. The third kappa shape index (κ3) is 5.67. The minimum Gasteiger partial charge on any atom is -0.507 e. The summed E-state index contributed by atoms with van der Waals surface area (Å²) in [7, 11) is 1.58. The summed E-state index contributed by atoms with van der Waals surface area (Å²) in [6.45, 7) is 5.58. The van der Waals surface area contributed by atoms with Crippen molar-refractivity contribution in [2.24, 2.45) is 0 Å². The van der Waals surface area contributed by atoms with Gasteiger partial charge in [0.25, 0.3) is 11.7 Å². The van der Waals surface area contributed by atoms with Crippen molar-refractivity contribution in [1.29, 1.82) is 0 Å². The van der Waals surface area contributed by atoms with E-state index in [1.807, 2.05) is 61.5 Å². The Morgan fingerprint density at radius 1 is 0.949 bits per heavy atom. The number of morpholine rings is 1. The molecule has 1 amide bonds. The van der Waals surface area contributed by atoms with Crippen molar-refractivity contribution in [3.8, 4) is 17.2 Å². The molecule has 2 aliphatic rings. The molecular formula is C31H32N2O6. The van der Waals surface area contributed by atoms with Gasteiger partial charge in [-0.2, -0.15) is 0 Å². The van der Waals surface area contributed by atoms with Crippen molar-refractivity contribution < 1.29 is 28.9 Å². The number of ether oxygens (including phenoxy) is 3. The summed E-state index contributed by atoms with van der Waals surface area (Å²) in [5.74, 6) is 0.353. The van der Waals surface area contributed by atoms with Crippen LogP contribution in [0.2, 0.25) is 0 Å². The van der Waals surface area contributed by atoms with Crippen LogP contribution in [-0.2, 0) is 14.3 Å². The number of para-hydroxylation sites is 1. The number of hydrogen-bond acceptors (Lipinski definition) is 7. The third-order valence-electron chi connectivity index (χ3n) is 7.12. The quantitative estimate of drug-likeness (QED) is 0.261. The second-order valence-electron chi connectivity index (χ2n) is 9.62. The third-order valence-corrected chi connectivity index (χ3v) is 7.12. The number of amides is 1. The number of rotatable bonds is 8. The number of nitrogens with zero attached hydrogens (tertiary/aromatic N) is 2. The molecule has 1 atom stereocenters. The second kappa shape index (κ2) is 11.7. The van der Waals surface area contributed by atoms with Crippen molar-refractivity contribution in [3.63, 3.8) is 0 Å². The molecule has 0 bridgehead atoms. The van der Waals surface area contributed by atoms with Crippen molar-refractivity contribution in [2.45, 2.75) is 13.0 Å². The molecule has 0 saturated carbocycles. The molecule has 0 aliphatic carbocycles. The maximum Gasteiger partial charge on any atom is 0.295 e. The Kier molecular flexibility index (Phi) is 7.95. The summed E-state index contributed by atoms with van der Waals surface area (Å²) in [5.41, 5.74) is 1.99. The largest absolute Gasteiger partial charge is 0.507 e. The first-order chi connectivity index (χ1) is 19.0. The van der Waals surface area contributed by atoms with Gasteiger partial charge in [-0.3, -0.25) is 14.5 Å². The highest BCUT2D eigenvalue weighted by molar-refractivity contribution is 6.46. The number of hydrogen-bond donors (Lipinski definition) is 1. The predicted octanol–water partition coefficient (Wildman–Crippen LogP) is 4.55. The smallest absolute Gasteiger partial charge is 0.295 e. The zero-order valence-corrected chi connectivity index (χ0v) is 22.1. The lowest BCUT2D eigenvalue weighted by atomic mass is 9.94. The van der Waals surface area contributed by atoms with Crippen LogP contribution in [0.15, 0.2) is 78.4 Å². The molecule has 1 unspecified atom stereocenters. The first-order valence-electron chi connectivity index (χ1n) is 13.0. The molecule has 3 aromatic carbocycles. The van der Waals surface area contributed by atoms with E-state index in [1.165, 1.54) is 0 Å². The van der Waals surface area contributed by atoms with Crippen LogP contribution in [0.1, 0.15) is 22.7 Å². The highest BCUT2D eigenvalue weighted by Crippen LogP contribution is 2.41. The monoisotopic (exact) mass is 528 g/mol. The summed E-state index contributed by atoms with van der Waals surface area (Å²) in [6.07, 6.45) is 0. The van der Waals surface area contributed by atoms with Crippen LogP contribution in [0.5, 0.6) is 17.2 Å². The molecule has 3 aromatic rings. The Bertz CT molecular complexity index is 1380. The molecule has 8 heteroatoms. The zero-order chi connectivity index (χ0) is 27.4. The number of aliphatic hydroxyl groups excluding tert-OH is 1. The molecule has 0 spiro atoms. The number of ketones is 1. The van der Waals surface area contributed by atoms with Gasteiger partial charge < -0.3 is 24.2 Å². The lowest BCUT2D eigenvalue weighted by molar-refractivity contribution is -0.140. The van der Waals surface area contributed by atoms with E-state index in [2.05, 4.69) is 4.90 Å². The molecule has 5 rings (SSSR count). The Labute approximate surface area is 228 Å². The number of carbonyl (C=O) groups excluding carboxylic acids is 2. The SMILES string of the molecule is COc1ccc(/C(O)=C2/C(=O)C(=O)N(CCN3CCOCC3)C2c2cccc(Oc3ccccc3)c2)cc1C. The van der Waals surface area contributed by atoms with Crippen molar-refractivity contribution in [3.05, 3.63) is 95.1 Å². The van der Waals surface area contributed by atoms with Gasteiger partial charge in [-0.1, -0.05) is 30.3 Å². The number of aliphatic hydroxyl groups is 1. The average Bonchev–Trinajstić information content (AvgIpc) is 3.22. The number of likely N-dealkylation sites (tertiary alicyclic amines) is 1. The highest BCUT2D eigenvalue weighted by Gasteiger charge is 2.46. The average molecular weight is 529 g/mol. The molecule has 1 N–H and O–H groups in total. The second-order valence-corrected chi connectivity index (χ2v) is 9.62. The van der Waals surface area contributed by atoms with Gasteiger partial charge in [-0.05, 0) is 60.5 Å². The topological polar surface area (TPSA) is 88.5 Å². The lowest BCUT2D eigenvalue weighted by Crippen LogP contribution is -2.42. The number of carbonyl (C=O) groups is 2. The fourth-order valence-corrected chi connectivity index (χ4v) is 5.09. The molecule has 2 aliphatic heterocycles. The van der Waals surface area contributed by atoms with E-state index >= 15 is 0 Å². The van der Waals surface area contributed by atoms with Crippen molar-refractivity contribution in [2.75, 3.05) is 46.5 Å². The van der Waals surface area contributed by atoms with Gasteiger partial charge in [0.15, 0.2) is 0 Å². The first-order valence-corrected chi connectivity index (χ1v) is 13.0. The number of benzene rings is 3. The molecule has 8 nitrogen and oxygen atoms in total. The molecule has 2 heterocycles. The predicted molar refractivity (Wildman–Crippen MR) is 147 cm³/mol. The van der Waals surface area contributed by atoms with Crippen LogP contribution >= 0.6 is 0 Å². The van der Waals surface area contributed by atoms with Gasteiger partial charge in [0, 0.05) is 31.7 Å². The van der Waals surface area contributed by atoms with E-state index in [9.17, 15) is 14.7 Å². The Morgan fingerprint density at radius 3 is 2.41 bits per heavy atom. The number of aryl methyl sites for hydroxylation is 1. The van der Waals surface area contributed by atoms with E-state index in [0.717, 1.165) is 18.7 Å². The van der Waals surface area contributed by atoms with Crippen LogP contribution in [-0.4, -0.2) is 73.1 Å². The summed E-state index contributed by atoms with van der Waals surface area (Å²) < 4.78 is 16.8. The van der Waals surface area contributed by atoms with Gasteiger partial charge in [0.05, 0.1) is 31.9 Å². The maximum absolute atomic E-state index is 13.5. The Balaban J connectivity index is 1.55. The molecule has 202 valence electrons. The van der Waals surface area contributed by atoms with Crippen LogP contribution in [0.25, 0.3) is 5.76 Å². The molecule has 0 aromatic heterocycles. The molecular weight excluding hydrogens is 496 g/mol. The summed E-state index contributed by atoms with van der Waals surface area (Å²) in [5, 5.41) is 11.4. The summed E-state index contributed by atoms with van der Waals surface area (Å²) >= 11 is 0. The fourth-order valence-electron chi connectivity index (χ4n) is 5.09. The van der Waals surface area contributed by atoms with Crippen molar-refractivity contribution in [1.82, 2.24) is 9.80 Å². The van der Waals surface area contributed by atoms with Crippen molar-refractivity contribution >= 4 is 17.4 Å². The molecule has 2 fully saturated rings. The van der Waals surface area contributed by atoms with Gasteiger partial charge in [0.1, 0.15) is 23.0 Å². The van der Waals surface area contributed by atoms with E-state index in [4.69, 9.17) is 14.2 Å². The highest BCUT2D eigenvalue weighted by atomic mass is 16.5. The maximum atomic E-state index is 13.5. The lowest BCUT2D eigenvalue weighted by Gasteiger charge is -2.31. The van der Waals surface area contributed by atoms with Crippen LogP contribution < -0.4 is 9.47 Å². The minimum absolute atomic E-state index is 0.0587. The number of Topliss-reactive ketones (excluding diaryl/α,β-unsaturated/α-hetero) is 1. The first kappa shape index (κ1) is 26.5. The van der Waals surface area contributed by atoms with Gasteiger partial charge in [0.2, 0.25) is 0 Å². The summed E-state index contributed by atoms with van der Waals surface area (Å²) in [4.78, 5) is 30.6. The zero-order valence-electron chi connectivity index (χ0n) is 22.1. The van der Waals surface area contributed by atoms with E-state index in [1.54, 1.807) is 30.2 Å². The van der Waals surface area contributed by atoms with Crippen LogP contribution in [0.4, 0.5) is 0 Å². The van der Waals surface area contributed by atoms with E-state index in [0.29, 0.717) is 54.7 Å². The minimum atomic E-state index is -0.771. The van der Waals surface area contributed by atoms with Gasteiger partial charge in [-0.25, -0.2) is 0 Å². The standard InChI is InChI=1S/C31H32N2O6/c1-21-19-23(11-12-26(21)37-2)29(34)27-28(22-7-6-10-25(20-22)39-24-8-4-3-5-9-24)33(31(36)30(27)35)14-13-32-15-17-38-18-16-32/h3-12,19-20,28,34H,13-18H2,1-2H3/b29-27-. The van der Waals surface area contributed by atoms with E-state index < -0.39 is 17.7 Å². The van der Waals surface area contributed by atoms with Gasteiger partial charge in [-0.15, -0.1) is 0 Å². The summed E-state index contributed by atoms with van der Waals surface area (Å²) in [6, 6.07) is 21.1. The van der Waals surface area contributed by atoms with E-state index in [-0.39, 0.29) is 11.3 Å². The van der Waals surface area contributed by atoms with Gasteiger partial charge >= 0.3 is 0 Å². The fraction of sp³-hybridized carbons (Fsp3) is 0.290. The normalized spacial score (nSPS) is 19.3. The molecule has 2 saturated heterocycles. The molecule has 0 radical (unpaired) electrons. The van der Waals surface area contributed by atoms with Crippen LogP contribution in [0, 0.1) is 6.92 Å². The number of methoxy groups -OCH3 is 1. The van der Waals surface area contributed by atoms with Crippen LogP contribution in [0.3, 0.4) is 0 Å².